The molecule has 100 valence electrons. The third-order valence-corrected chi connectivity index (χ3v) is 3.66. The van der Waals surface area contributed by atoms with Gasteiger partial charge in [-0.05, 0) is 45.2 Å². The molecule has 2 heterocycles. The summed E-state index contributed by atoms with van der Waals surface area (Å²) in [6.07, 6.45) is 4.98. The number of ether oxygens (including phenoxy) is 2. The molecule has 1 saturated heterocycles. The van der Waals surface area contributed by atoms with E-state index in [-0.39, 0.29) is 11.2 Å². The van der Waals surface area contributed by atoms with E-state index in [9.17, 15) is 0 Å². The van der Waals surface area contributed by atoms with Gasteiger partial charge in [0.25, 0.3) is 0 Å². The fraction of sp³-hybridized carbons (Fsp3) is 0.667. The van der Waals surface area contributed by atoms with Crippen LogP contribution < -0.4 is 0 Å². The Morgan fingerprint density at radius 2 is 2.17 bits per heavy atom. The zero-order valence-corrected chi connectivity index (χ0v) is 11.6. The van der Waals surface area contributed by atoms with Gasteiger partial charge >= 0.3 is 0 Å². The highest BCUT2D eigenvalue weighted by molar-refractivity contribution is 5.02. The number of hydrogen-bond donors (Lipinski definition) is 0. The average Bonchev–Trinajstić information content (AvgIpc) is 2.67. The predicted molar refractivity (Wildman–Crippen MR) is 71.3 cm³/mol. The summed E-state index contributed by atoms with van der Waals surface area (Å²) in [5, 5.41) is 0. The van der Waals surface area contributed by atoms with Crippen LogP contribution in [0.3, 0.4) is 0 Å². The molecule has 1 aromatic rings. The van der Waals surface area contributed by atoms with Crippen LogP contribution in [-0.4, -0.2) is 22.8 Å². The van der Waals surface area contributed by atoms with Gasteiger partial charge in [-0.25, -0.2) is 0 Å². The molecule has 1 atom stereocenters. The molecule has 0 aromatic carbocycles. The molecule has 1 aliphatic heterocycles. The average molecular weight is 249 g/mol. The smallest absolute Gasteiger partial charge is 0.0920 e. The van der Waals surface area contributed by atoms with Crippen molar-refractivity contribution in [3.05, 3.63) is 30.1 Å². The molecule has 1 aromatic heterocycles. The zero-order chi connectivity index (χ0) is 13.1. The van der Waals surface area contributed by atoms with Crippen LogP contribution in [0, 0.1) is 0 Å². The summed E-state index contributed by atoms with van der Waals surface area (Å²) in [6.45, 7) is 7.70. The van der Waals surface area contributed by atoms with E-state index in [4.69, 9.17) is 9.47 Å². The highest BCUT2D eigenvalue weighted by Crippen LogP contribution is 2.39. The first-order chi connectivity index (χ1) is 8.55. The minimum Gasteiger partial charge on any atom is -0.372 e. The zero-order valence-electron chi connectivity index (χ0n) is 11.6. The first-order valence-corrected chi connectivity index (χ1v) is 6.73. The summed E-state index contributed by atoms with van der Waals surface area (Å²) >= 11 is 0. The summed E-state index contributed by atoms with van der Waals surface area (Å²) in [4.78, 5) is 4.25. The van der Waals surface area contributed by atoms with Crippen LogP contribution in [0.1, 0.15) is 45.7 Å². The second kappa shape index (κ2) is 5.37. The molecule has 0 bridgehead atoms. The van der Waals surface area contributed by atoms with Crippen molar-refractivity contribution in [1.29, 1.82) is 0 Å². The van der Waals surface area contributed by atoms with Crippen molar-refractivity contribution in [2.45, 2.75) is 57.8 Å². The molecule has 0 aliphatic carbocycles. The van der Waals surface area contributed by atoms with Crippen molar-refractivity contribution in [3.8, 4) is 0 Å². The van der Waals surface area contributed by atoms with Gasteiger partial charge in [0.2, 0.25) is 0 Å². The van der Waals surface area contributed by atoms with E-state index in [1.165, 1.54) is 0 Å². The number of nitrogens with zero attached hydrogens (tertiary/aromatic N) is 1. The Kier molecular flexibility index (Phi) is 4.03. The van der Waals surface area contributed by atoms with Gasteiger partial charge in [-0.15, -0.1) is 0 Å². The Bertz CT molecular complexity index is 377. The SMILES string of the molecule is CCC1(COCc2ccccn2)CCC(C)(C)O1. The van der Waals surface area contributed by atoms with Gasteiger partial charge in [-0.2, -0.15) is 0 Å². The number of hydrogen-bond acceptors (Lipinski definition) is 3. The molecule has 1 fully saturated rings. The molecule has 0 radical (unpaired) electrons. The minimum absolute atomic E-state index is 0.00956. The lowest BCUT2D eigenvalue weighted by atomic mass is 9.96. The summed E-state index contributed by atoms with van der Waals surface area (Å²) in [6, 6.07) is 5.88. The van der Waals surface area contributed by atoms with Crippen molar-refractivity contribution in [1.82, 2.24) is 4.98 Å². The van der Waals surface area contributed by atoms with Crippen molar-refractivity contribution in [2.24, 2.45) is 0 Å². The van der Waals surface area contributed by atoms with Crippen LogP contribution in [-0.2, 0) is 16.1 Å². The van der Waals surface area contributed by atoms with E-state index >= 15 is 0 Å². The van der Waals surface area contributed by atoms with Crippen LogP contribution in [0.4, 0.5) is 0 Å². The topological polar surface area (TPSA) is 31.4 Å². The third kappa shape index (κ3) is 3.30. The molecule has 3 heteroatoms. The van der Waals surface area contributed by atoms with E-state index in [1.807, 2.05) is 18.2 Å². The maximum absolute atomic E-state index is 6.18. The lowest BCUT2D eigenvalue weighted by Crippen LogP contribution is -2.36. The number of aromatic nitrogens is 1. The lowest BCUT2D eigenvalue weighted by molar-refractivity contribution is -0.127. The van der Waals surface area contributed by atoms with E-state index < -0.39 is 0 Å². The monoisotopic (exact) mass is 249 g/mol. The normalized spacial score (nSPS) is 26.4. The van der Waals surface area contributed by atoms with Crippen molar-refractivity contribution < 1.29 is 9.47 Å². The largest absolute Gasteiger partial charge is 0.372 e. The standard InChI is InChI=1S/C15H23NO2/c1-4-15(9-8-14(2,3)18-15)12-17-11-13-7-5-6-10-16-13/h5-7,10H,4,8-9,11-12H2,1-3H3. The highest BCUT2D eigenvalue weighted by Gasteiger charge is 2.43. The van der Waals surface area contributed by atoms with Crippen LogP contribution >= 0.6 is 0 Å². The number of rotatable bonds is 5. The highest BCUT2D eigenvalue weighted by atomic mass is 16.6. The first-order valence-electron chi connectivity index (χ1n) is 6.73. The summed E-state index contributed by atoms with van der Waals surface area (Å²) in [7, 11) is 0. The maximum Gasteiger partial charge on any atom is 0.0920 e. The van der Waals surface area contributed by atoms with Crippen LogP contribution in [0.15, 0.2) is 24.4 Å². The van der Waals surface area contributed by atoms with Crippen molar-refractivity contribution in [2.75, 3.05) is 6.61 Å². The molecular formula is C15H23NO2. The Labute approximate surface area is 110 Å². The molecule has 0 saturated carbocycles. The number of pyridine rings is 1. The molecule has 3 nitrogen and oxygen atoms in total. The predicted octanol–water partition coefficient (Wildman–Crippen LogP) is 3.34. The molecular weight excluding hydrogens is 226 g/mol. The Morgan fingerprint density at radius 1 is 1.33 bits per heavy atom. The van der Waals surface area contributed by atoms with E-state index in [0.717, 1.165) is 25.0 Å². The fourth-order valence-corrected chi connectivity index (χ4v) is 2.49. The van der Waals surface area contributed by atoms with E-state index in [0.29, 0.717) is 13.2 Å². The maximum atomic E-state index is 6.18. The lowest BCUT2D eigenvalue weighted by Gasteiger charge is -2.30. The Balaban J connectivity index is 1.85. The van der Waals surface area contributed by atoms with Crippen molar-refractivity contribution >= 4 is 0 Å². The second-order valence-corrected chi connectivity index (χ2v) is 5.71. The molecule has 18 heavy (non-hydrogen) atoms. The summed E-state index contributed by atoms with van der Waals surface area (Å²) < 4.78 is 12.0. The van der Waals surface area contributed by atoms with E-state index in [2.05, 4.69) is 25.8 Å². The van der Waals surface area contributed by atoms with Gasteiger partial charge in [-0.3, -0.25) is 4.98 Å². The minimum atomic E-state index is -0.0989. The van der Waals surface area contributed by atoms with Gasteiger partial charge in [-0.1, -0.05) is 13.0 Å². The fourth-order valence-electron chi connectivity index (χ4n) is 2.49. The van der Waals surface area contributed by atoms with Gasteiger partial charge in [0.1, 0.15) is 0 Å². The van der Waals surface area contributed by atoms with Crippen LogP contribution in [0.5, 0.6) is 0 Å². The Hall–Kier alpha value is -0.930. The second-order valence-electron chi connectivity index (χ2n) is 5.71. The van der Waals surface area contributed by atoms with Gasteiger partial charge < -0.3 is 9.47 Å². The molecule has 1 aliphatic rings. The Morgan fingerprint density at radius 3 is 2.72 bits per heavy atom. The quantitative estimate of drug-likeness (QED) is 0.802. The third-order valence-electron chi connectivity index (χ3n) is 3.66. The summed E-state index contributed by atoms with van der Waals surface area (Å²) in [5.41, 5.74) is 0.865. The molecule has 0 spiro atoms. The molecule has 0 amide bonds. The van der Waals surface area contributed by atoms with Gasteiger partial charge in [0, 0.05) is 6.20 Å². The first kappa shape index (κ1) is 13.5. The van der Waals surface area contributed by atoms with Crippen LogP contribution in [0.25, 0.3) is 0 Å². The molecule has 1 unspecified atom stereocenters. The molecule has 2 rings (SSSR count). The van der Waals surface area contributed by atoms with Crippen LogP contribution in [0.2, 0.25) is 0 Å². The van der Waals surface area contributed by atoms with Gasteiger partial charge in [0.05, 0.1) is 30.1 Å². The summed E-state index contributed by atoms with van der Waals surface area (Å²) in [5.74, 6) is 0. The molecule has 0 N–H and O–H groups in total. The van der Waals surface area contributed by atoms with Gasteiger partial charge in [0.15, 0.2) is 0 Å². The van der Waals surface area contributed by atoms with Crippen molar-refractivity contribution in [3.63, 3.8) is 0 Å². The van der Waals surface area contributed by atoms with E-state index in [1.54, 1.807) is 6.20 Å².